The van der Waals surface area contributed by atoms with E-state index in [2.05, 4.69) is 17.4 Å². The first-order valence-electron chi connectivity index (χ1n) is 9.18. The van der Waals surface area contributed by atoms with Gasteiger partial charge in [-0.3, -0.25) is 4.79 Å². The maximum atomic E-state index is 12.4. The van der Waals surface area contributed by atoms with E-state index in [0.29, 0.717) is 6.04 Å². The Hall–Kier alpha value is -2.03. The van der Waals surface area contributed by atoms with Crippen LogP contribution >= 0.6 is 0 Å². The van der Waals surface area contributed by atoms with E-state index in [0.717, 1.165) is 24.0 Å². The normalized spacial score (nSPS) is 17.7. The van der Waals surface area contributed by atoms with Crippen LogP contribution in [0.1, 0.15) is 51.9 Å². The quantitative estimate of drug-likeness (QED) is 0.874. The van der Waals surface area contributed by atoms with Crippen molar-refractivity contribution in [3.05, 3.63) is 42.5 Å². The molecule has 2 aromatic carbocycles. The van der Waals surface area contributed by atoms with Crippen molar-refractivity contribution < 1.29 is 9.53 Å². The van der Waals surface area contributed by atoms with Gasteiger partial charge in [-0.1, -0.05) is 62.4 Å². The fourth-order valence-corrected chi connectivity index (χ4v) is 3.42. The number of carbonyl (C=O) groups is 1. The highest BCUT2D eigenvalue weighted by Crippen LogP contribution is 2.22. The Labute approximate surface area is 144 Å². The second-order valence-corrected chi connectivity index (χ2v) is 6.82. The summed E-state index contributed by atoms with van der Waals surface area (Å²) < 4.78 is 5.87. The smallest absolute Gasteiger partial charge is 0.260 e. The number of amides is 1. The Bertz CT molecular complexity index is 674. The van der Waals surface area contributed by atoms with Crippen LogP contribution in [-0.2, 0) is 4.79 Å². The zero-order valence-corrected chi connectivity index (χ0v) is 14.5. The van der Waals surface area contributed by atoms with Crippen molar-refractivity contribution >= 4 is 16.7 Å². The van der Waals surface area contributed by atoms with E-state index in [9.17, 15) is 4.79 Å². The minimum absolute atomic E-state index is 0.00580. The minimum atomic E-state index is -0.475. The third kappa shape index (κ3) is 4.50. The third-order valence-corrected chi connectivity index (χ3v) is 4.85. The summed E-state index contributed by atoms with van der Waals surface area (Å²) in [5.74, 6) is 0.739. The van der Waals surface area contributed by atoms with Crippen LogP contribution in [0.25, 0.3) is 10.8 Å². The molecule has 2 aromatic rings. The number of ether oxygens (including phenoxy) is 1. The maximum Gasteiger partial charge on any atom is 0.260 e. The van der Waals surface area contributed by atoms with Gasteiger partial charge in [0.15, 0.2) is 6.10 Å². The van der Waals surface area contributed by atoms with E-state index in [1.807, 2.05) is 37.3 Å². The second kappa shape index (κ2) is 8.18. The molecule has 0 saturated heterocycles. The second-order valence-electron chi connectivity index (χ2n) is 6.82. The highest BCUT2D eigenvalue weighted by molar-refractivity contribution is 5.84. The first-order chi connectivity index (χ1) is 11.7. The predicted octanol–water partition coefficient (Wildman–Crippen LogP) is 4.84. The standard InChI is InChI=1S/C21H27NO2/c1-16(21(23)22-19-11-5-3-2-4-6-12-19)24-20-14-13-17-9-7-8-10-18(17)15-20/h7-10,13-16,19H,2-6,11-12H2,1H3,(H,22,23)/t16-/m1/s1. The van der Waals surface area contributed by atoms with Crippen molar-refractivity contribution in [1.29, 1.82) is 0 Å². The summed E-state index contributed by atoms with van der Waals surface area (Å²) in [6.45, 7) is 1.83. The summed E-state index contributed by atoms with van der Waals surface area (Å²) in [5, 5.41) is 5.48. The van der Waals surface area contributed by atoms with Gasteiger partial charge in [-0.25, -0.2) is 0 Å². The predicted molar refractivity (Wildman–Crippen MR) is 98.3 cm³/mol. The van der Waals surface area contributed by atoms with Crippen molar-refractivity contribution in [1.82, 2.24) is 5.32 Å². The summed E-state index contributed by atoms with van der Waals surface area (Å²) >= 11 is 0. The molecular formula is C21H27NO2. The number of hydrogen-bond donors (Lipinski definition) is 1. The molecule has 3 nitrogen and oxygen atoms in total. The summed E-state index contributed by atoms with van der Waals surface area (Å²) in [5.41, 5.74) is 0. The van der Waals surface area contributed by atoms with Crippen molar-refractivity contribution in [3.8, 4) is 5.75 Å². The molecule has 1 aliphatic carbocycles. The fourth-order valence-electron chi connectivity index (χ4n) is 3.42. The van der Waals surface area contributed by atoms with Gasteiger partial charge >= 0.3 is 0 Å². The summed E-state index contributed by atoms with van der Waals surface area (Å²) in [6.07, 6.45) is 8.04. The van der Waals surface area contributed by atoms with Gasteiger partial charge in [0.1, 0.15) is 5.75 Å². The van der Waals surface area contributed by atoms with Gasteiger partial charge in [0.2, 0.25) is 0 Å². The molecule has 0 heterocycles. The molecule has 1 N–H and O–H groups in total. The topological polar surface area (TPSA) is 38.3 Å². The van der Waals surface area contributed by atoms with Crippen LogP contribution in [0.4, 0.5) is 0 Å². The molecule has 1 fully saturated rings. The molecule has 0 aliphatic heterocycles. The molecule has 128 valence electrons. The Kier molecular flexibility index (Phi) is 5.73. The van der Waals surface area contributed by atoms with E-state index in [1.165, 1.54) is 37.5 Å². The largest absolute Gasteiger partial charge is 0.481 e. The molecule has 0 radical (unpaired) electrons. The first kappa shape index (κ1) is 16.8. The molecule has 3 heteroatoms. The average Bonchev–Trinajstić information content (AvgIpc) is 2.57. The molecule has 0 spiro atoms. The van der Waals surface area contributed by atoms with Crippen molar-refractivity contribution in [2.75, 3.05) is 0 Å². The molecule has 1 aliphatic rings. The zero-order chi connectivity index (χ0) is 16.8. The van der Waals surface area contributed by atoms with Crippen LogP contribution in [0.3, 0.4) is 0 Å². The molecule has 0 bridgehead atoms. The summed E-state index contributed by atoms with van der Waals surface area (Å²) in [6, 6.07) is 14.4. The lowest BCUT2D eigenvalue weighted by Crippen LogP contribution is -2.42. The fraction of sp³-hybridized carbons (Fsp3) is 0.476. The van der Waals surface area contributed by atoms with Crippen molar-refractivity contribution in [2.45, 2.75) is 64.0 Å². The molecule has 1 atom stereocenters. The van der Waals surface area contributed by atoms with Gasteiger partial charge in [0, 0.05) is 6.04 Å². The van der Waals surface area contributed by atoms with E-state index in [1.54, 1.807) is 0 Å². The molecule has 0 aromatic heterocycles. The number of benzene rings is 2. The van der Waals surface area contributed by atoms with Gasteiger partial charge < -0.3 is 10.1 Å². The molecule has 0 unspecified atom stereocenters. The Morgan fingerprint density at radius 1 is 1.00 bits per heavy atom. The monoisotopic (exact) mass is 325 g/mol. The molecule has 3 rings (SSSR count). The Morgan fingerprint density at radius 3 is 2.42 bits per heavy atom. The van der Waals surface area contributed by atoms with Gasteiger partial charge in [0.25, 0.3) is 5.91 Å². The minimum Gasteiger partial charge on any atom is -0.481 e. The van der Waals surface area contributed by atoms with Crippen molar-refractivity contribution in [2.24, 2.45) is 0 Å². The molecule has 24 heavy (non-hydrogen) atoms. The number of rotatable bonds is 4. The maximum absolute atomic E-state index is 12.4. The van der Waals surface area contributed by atoms with E-state index in [-0.39, 0.29) is 5.91 Å². The lowest BCUT2D eigenvalue weighted by molar-refractivity contribution is -0.128. The van der Waals surface area contributed by atoms with Gasteiger partial charge in [-0.05, 0) is 42.7 Å². The third-order valence-electron chi connectivity index (χ3n) is 4.85. The molecule has 1 saturated carbocycles. The van der Waals surface area contributed by atoms with Crippen LogP contribution in [0, 0.1) is 0 Å². The SMILES string of the molecule is C[C@@H](Oc1ccc2ccccc2c1)C(=O)NC1CCCCCCC1. The molecular weight excluding hydrogens is 298 g/mol. The van der Waals surface area contributed by atoms with Crippen LogP contribution in [0.5, 0.6) is 5.75 Å². The van der Waals surface area contributed by atoms with Crippen LogP contribution in [0.15, 0.2) is 42.5 Å². The van der Waals surface area contributed by atoms with E-state index < -0.39 is 6.10 Å². The summed E-state index contributed by atoms with van der Waals surface area (Å²) in [7, 11) is 0. The van der Waals surface area contributed by atoms with Gasteiger partial charge in [-0.15, -0.1) is 0 Å². The number of nitrogens with one attached hydrogen (secondary N) is 1. The van der Waals surface area contributed by atoms with Crippen molar-refractivity contribution in [3.63, 3.8) is 0 Å². The number of hydrogen-bond acceptors (Lipinski definition) is 2. The van der Waals surface area contributed by atoms with Gasteiger partial charge in [0.05, 0.1) is 0 Å². The van der Waals surface area contributed by atoms with Crippen LogP contribution in [0.2, 0.25) is 0 Å². The summed E-state index contributed by atoms with van der Waals surface area (Å²) in [4.78, 5) is 12.4. The van der Waals surface area contributed by atoms with Crippen LogP contribution in [-0.4, -0.2) is 18.1 Å². The lowest BCUT2D eigenvalue weighted by atomic mass is 9.96. The van der Waals surface area contributed by atoms with Gasteiger partial charge in [-0.2, -0.15) is 0 Å². The zero-order valence-electron chi connectivity index (χ0n) is 14.5. The van der Waals surface area contributed by atoms with Crippen LogP contribution < -0.4 is 10.1 Å². The highest BCUT2D eigenvalue weighted by Gasteiger charge is 2.19. The number of fused-ring (bicyclic) bond motifs is 1. The Morgan fingerprint density at radius 2 is 1.67 bits per heavy atom. The first-order valence-corrected chi connectivity index (χ1v) is 9.18. The highest BCUT2D eigenvalue weighted by atomic mass is 16.5. The number of carbonyl (C=O) groups excluding carboxylic acids is 1. The van der Waals surface area contributed by atoms with E-state index in [4.69, 9.17) is 4.74 Å². The average molecular weight is 325 g/mol. The molecule has 1 amide bonds. The lowest BCUT2D eigenvalue weighted by Gasteiger charge is -2.23. The van der Waals surface area contributed by atoms with E-state index >= 15 is 0 Å². The Balaban J connectivity index is 1.58.